The number of hydrogen-bond donors (Lipinski definition) is 3. The molecule has 2 aliphatic carbocycles. The highest BCUT2D eigenvalue weighted by atomic mass is 16.4. The molecule has 90 valence electrons. The van der Waals surface area contributed by atoms with Gasteiger partial charge in [0.15, 0.2) is 0 Å². The Morgan fingerprint density at radius 1 is 1.50 bits per heavy atom. The Morgan fingerprint density at radius 2 is 2.25 bits per heavy atom. The normalized spacial score (nSPS) is 41.9. The molecular weight excluding hydrogens is 204 g/mol. The Morgan fingerprint density at radius 3 is 2.81 bits per heavy atom. The van der Waals surface area contributed by atoms with Crippen molar-refractivity contribution in [3.63, 3.8) is 0 Å². The molecule has 0 amide bonds. The number of nitrogens with one attached hydrogen (secondary N) is 1. The lowest BCUT2D eigenvalue weighted by atomic mass is 9.71. The minimum Gasteiger partial charge on any atom is -0.481 e. The molecule has 0 unspecified atom stereocenters. The van der Waals surface area contributed by atoms with E-state index in [1.807, 2.05) is 0 Å². The van der Waals surface area contributed by atoms with E-state index < -0.39 is 5.97 Å². The van der Waals surface area contributed by atoms with Crippen LogP contribution in [0.25, 0.3) is 0 Å². The fourth-order valence-electron chi connectivity index (χ4n) is 3.77. The molecule has 0 aromatic rings. The van der Waals surface area contributed by atoms with E-state index in [0.717, 1.165) is 25.7 Å². The van der Waals surface area contributed by atoms with Gasteiger partial charge in [0.1, 0.15) is 0 Å². The summed E-state index contributed by atoms with van der Waals surface area (Å²) in [6.45, 7) is 0.662. The maximum absolute atomic E-state index is 10.8. The number of rotatable bonds is 4. The first-order valence-electron chi connectivity index (χ1n) is 6.04. The van der Waals surface area contributed by atoms with E-state index in [-0.39, 0.29) is 17.8 Å². The van der Waals surface area contributed by atoms with Gasteiger partial charge in [-0.2, -0.15) is 0 Å². The van der Waals surface area contributed by atoms with Crippen molar-refractivity contribution in [2.24, 2.45) is 28.9 Å². The lowest BCUT2D eigenvalue weighted by molar-refractivity contribution is -0.138. The monoisotopic (exact) mass is 224 g/mol. The van der Waals surface area contributed by atoms with Crippen LogP contribution in [0.5, 0.6) is 0 Å². The van der Waals surface area contributed by atoms with E-state index in [0.29, 0.717) is 18.4 Å². The number of hydrogen-bond acceptors (Lipinski definition) is 3. The third-order valence-electron chi connectivity index (χ3n) is 4.58. The first-order valence-corrected chi connectivity index (χ1v) is 6.04. The molecule has 4 nitrogen and oxygen atoms in total. The average Bonchev–Trinajstić information content (AvgIpc) is 2.53. The molecule has 0 spiro atoms. The van der Waals surface area contributed by atoms with Gasteiger partial charge in [-0.05, 0) is 50.0 Å². The molecule has 2 fully saturated rings. The SMILES string of the molecule is N=C[C@@]12CC[C@H](CN)[C@@H](C1)[C@H](CC(=O)O)C2. The fraction of sp³-hybridized carbons (Fsp3) is 0.833. The summed E-state index contributed by atoms with van der Waals surface area (Å²) in [6.07, 6.45) is 5.75. The van der Waals surface area contributed by atoms with Gasteiger partial charge in [0.05, 0.1) is 0 Å². The summed E-state index contributed by atoms with van der Waals surface area (Å²) in [7, 11) is 0. The molecule has 0 aromatic heterocycles. The van der Waals surface area contributed by atoms with Gasteiger partial charge in [-0.25, -0.2) is 0 Å². The molecular formula is C12H20N2O2. The van der Waals surface area contributed by atoms with Crippen LogP contribution in [0.2, 0.25) is 0 Å². The first kappa shape index (κ1) is 11.6. The Bertz CT molecular complexity index is 305. The molecule has 2 saturated carbocycles. The molecule has 2 bridgehead atoms. The molecule has 4 atom stereocenters. The Labute approximate surface area is 95.7 Å². The molecule has 0 aliphatic heterocycles. The van der Waals surface area contributed by atoms with Crippen molar-refractivity contribution in [2.45, 2.75) is 32.1 Å². The summed E-state index contributed by atoms with van der Waals surface area (Å²) in [5.74, 6) is 0.417. The molecule has 0 heterocycles. The van der Waals surface area contributed by atoms with Gasteiger partial charge in [-0.1, -0.05) is 0 Å². The highest BCUT2D eigenvalue weighted by Crippen LogP contribution is 2.56. The van der Waals surface area contributed by atoms with E-state index in [1.54, 1.807) is 6.21 Å². The number of carboxylic acid groups (broad SMARTS) is 1. The maximum Gasteiger partial charge on any atom is 0.303 e. The van der Waals surface area contributed by atoms with E-state index >= 15 is 0 Å². The molecule has 0 aromatic carbocycles. The summed E-state index contributed by atoms with van der Waals surface area (Å²) in [5, 5.41) is 16.5. The quantitative estimate of drug-likeness (QED) is 0.632. The highest BCUT2D eigenvalue weighted by molar-refractivity contribution is 5.68. The van der Waals surface area contributed by atoms with Gasteiger partial charge in [0.25, 0.3) is 0 Å². The van der Waals surface area contributed by atoms with Gasteiger partial charge in [0, 0.05) is 18.1 Å². The summed E-state index contributed by atoms with van der Waals surface area (Å²) in [5.41, 5.74) is 5.76. The number of nitrogens with two attached hydrogens (primary N) is 1. The first-order chi connectivity index (χ1) is 7.60. The summed E-state index contributed by atoms with van der Waals surface area (Å²) in [6, 6.07) is 0. The molecule has 4 N–H and O–H groups in total. The Hall–Kier alpha value is -0.900. The van der Waals surface area contributed by atoms with Crippen LogP contribution in [0.1, 0.15) is 32.1 Å². The second kappa shape index (κ2) is 4.17. The molecule has 2 rings (SSSR count). The standard InChI is InChI=1S/C12H20N2O2/c13-6-8-1-2-12(7-14)4-9(3-11(15)16)10(8)5-12/h7-10,14H,1-6,13H2,(H,15,16)/t8-,9-,10-,12-/m1/s1. The smallest absolute Gasteiger partial charge is 0.303 e. The number of fused-ring (bicyclic) bond motifs is 2. The van der Waals surface area contributed by atoms with Crippen molar-refractivity contribution in [1.82, 2.24) is 0 Å². The number of carboxylic acids is 1. The van der Waals surface area contributed by atoms with Gasteiger partial charge in [-0.15, -0.1) is 0 Å². The van der Waals surface area contributed by atoms with E-state index in [9.17, 15) is 4.79 Å². The van der Waals surface area contributed by atoms with Crippen molar-refractivity contribution >= 4 is 12.2 Å². The number of carbonyl (C=O) groups is 1. The van der Waals surface area contributed by atoms with Gasteiger partial charge < -0.3 is 16.2 Å². The van der Waals surface area contributed by atoms with Crippen molar-refractivity contribution in [3.05, 3.63) is 0 Å². The maximum atomic E-state index is 10.8. The molecule has 2 aliphatic rings. The third kappa shape index (κ3) is 1.86. The van der Waals surface area contributed by atoms with Crippen LogP contribution in [-0.4, -0.2) is 23.8 Å². The zero-order valence-corrected chi connectivity index (χ0v) is 9.48. The van der Waals surface area contributed by atoms with E-state index in [1.165, 1.54) is 0 Å². The molecule has 0 radical (unpaired) electrons. The van der Waals surface area contributed by atoms with Crippen molar-refractivity contribution < 1.29 is 9.90 Å². The Balaban J connectivity index is 2.15. The minimum absolute atomic E-state index is 0.00352. The highest BCUT2D eigenvalue weighted by Gasteiger charge is 2.50. The van der Waals surface area contributed by atoms with E-state index in [2.05, 4.69) is 0 Å². The van der Waals surface area contributed by atoms with E-state index in [4.69, 9.17) is 16.2 Å². The summed E-state index contributed by atoms with van der Waals surface area (Å²) < 4.78 is 0. The third-order valence-corrected chi connectivity index (χ3v) is 4.58. The van der Waals surface area contributed by atoms with Crippen LogP contribution < -0.4 is 5.73 Å². The molecule has 0 saturated heterocycles. The lowest BCUT2D eigenvalue weighted by Crippen LogP contribution is -2.32. The number of aliphatic carboxylic acids is 1. The van der Waals surface area contributed by atoms with Gasteiger partial charge in [-0.3, -0.25) is 4.79 Å². The van der Waals surface area contributed by atoms with Gasteiger partial charge in [0.2, 0.25) is 0 Å². The van der Waals surface area contributed by atoms with Crippen LogP contribution in [0.15, 0.2) is 0 Å². The summed E-state index contributed by atoms with van der Waals surface area (Å²) in [4.78, 5) is 10.8. The van der Waals surface area contributed by atoms with Gasteiger partial charge >= 0.3 is 5.97 Å². The predicted octanol–water partition coefficient (Wildman–Crippen LogP) is 1.49. The van der Waals surface area contributed by atoms with Crippen LogP contribution >= 0.6 is 0 Å². The fourth-order valence-corrected chi connectivity index (χ4v) is 3.77. The largest absolute Gasteiger partial charge is 0.481 e. The lowest BCUT2D eigenvalue weighted by Gasteiger charge is -2.34. The minimum atomic E-state index is -0.714. The average molecular weight is 224 g/mol. The van der Waals surface area contributed by atoms with Crippen molar-refractivity contribution in [3.8, 4) is 0 Å². The zero-order valence-electron chi connectivity index (χ0n) is 9.48. The molecule has 16 heavy (non-hydrogen) atoms. The predicted molar refractivity (Wildman–Crippen MR) is 61.5 cm³/mol. The van der Waals surface area contributed by atoms with Crippen molar-refractivity contribution in [2.75, 3.05) is 6.54 Å². The molecule has 4 heteroatoms. The van der Waals surface area contributed by atoms with Crippen LogP contribution in [0, 0.1) is 28.6 Å². The van der Waals surface area contributed by atoms with Crippen LogP contribution in [0.4, 0.5) is 0 Å². The second-order valence-electron chi connectivity index (χ2n) is 5.47. The Kier molecular flexibility index (Phi) is 3.02. The van der Waals surface area contributed by atoms with Crippen LogP contribution in [0.3, 0.4) is 0 Å². The van der Waals surface area contributed by atoms with Crippen LogP contribution in [-0.2, 0) is 4.79 Å². The topological polar surface area (TPSA) is 87.2 Å². The van der Waals surface area contributed by atoms with Crippen molar-refractivity contribution in [1.29, 1.82) is 5.41 Å². The summed E-state index contributed by atoms with van der Waals surface area (Å²) >= 11 is 0. The second-order valence-corrected chi connectivity index (χ2v) is 5.47. The zero-order chi connectivity index (χ0) is 11.8.